The SMILES string of the molecule is O=C(C[NH+]1CCCCCC1)Nc1ccc(NC(=O)C[NH+]2CCCCCC2)cc1. The first-order valence-electron chi connectivity index (χ1n) is 11.1. The van der Waals surface area contributed by atoms with Gasteiger partial charge in [-0.2, -0.15) is 0 Å². The Morgan fingerprint density at radius 1 is 0.607 bits per heavy atom. The third-order valence-corrected chi connectivity index (χ3v) is 5.89. The van der Waals surface area contributed by atoms with Gasteiger partial charge in [-0.25, -0.2) is 0 Å². The molecular weight excluding hydrogens is 352 g/mol. The van der Waals surface area contributed by atoms with Crippen LogP contribution in [0.5, 0.6) is 0 Å². The summed E-state index contributed by atoms with van der Waals surface area (Å²) in [5.41, 5.74) is 1.57. The molecule has 0 saturated carbocycles. The molecule has 2 heterocycles. The van der Waals surface area contributed by atoms with Crippen molar-refractivity contribution in [3.63, 3.8) is 0 Å². The van der Waals surface area contributed by atoms with Crippen molar-refractivity contribution in [3.05, 3.63) is 24.3 Å². The maximum absolute atomic E-state index is 12.3. The van der Waals surface area contributed by atoms with Crippen LogP contribution in [-0.4, -0.2) is 51.1 Å². The highest BCUT2D eigenvalue weighted by Gasteiger charge is 2.17. The van der Waals surface area contributed by atoms with Crippen LogP contribution in [0, 0.1) is 0 Å². The lowest BCUT2D eigenvalue weighted by molar-refractivity contribution is -0.891. The number of anilines is 2. The standard InChI is InChI=1S/C22H34N4O2/c27-21(17-25-13-5-1-2-6-14-25)23-19-9-11-20(12-10-19)24-22(28)18-26-15-7-3-4-8-16-26/h9-12H,1-8,13-18H2,(H,23,27)(H,24,28)/p+2. The first-order chi connectivity index (χ1) is 13.7. The molecule has 2 aliphatic heterocycles. The third kappa shape index (κ3) is 7.24. The van der Waals surface area contributed by atoms with Gasteiger partial charge in [0.2, 0.25) is 0 Å². The van der Waals surface area contributed by atoms with Crippen molar-refractivity contribution in [2.75, 3.05) is 49.9 Å². The molecule has 0 atom stereocenters. The van der Waals surface area contributed by atoms with E-state index in [0.717, 1.165) is 37.6 Å². The fourth-order valence-corrected chi connectivity index (χ4v) is 4.31. The van der Waals surface area contributed by atoms with Gasteiger partial charge in [0.05, 0.1) is 26.2 Å². The van der Waals surface area contributed by atoms with Crippen molar-refractivity contribution in [1.82, 2.24) is 0 Å². The number of likely N-dealkylation sites (tertiary alicyclic amines) is 2. The Balaban J connectivity index is 1.42. The highest BCUT2D eigenvalue weighted by Crippen LogP contribution is 2.13. The summed E-state index contributed by atoms with van der Waals surface area (Å²) in [4.78, 5) is 27.4. The first-order valence-corrected chi connectivity index (χ1v) is 11.1. The van der Waals surface area contributed by atoms with Crippen LogP contribution >= 0.6 is 0 Å². The second-order valence-electron chi connectivity index (χ2n) is 8.36. The van der Waals surface area contributed by atoms with Gasteiger partial charge in [0, 0.05) is 11.4 Å². The van der Waals surface area contributed by atoms with E-state index in [4.69, 9.17) is 0 Å². The monoisotopic (exact) mass is 388 g/mol. The quantitative estimate of drug-likeness (QED) is 0.573. The van der Waals surface area contributed by atoms with Crippen LogP contribution in [-0.2, 0) is 9.59 Å². The summed E-state index contributed by atoms with van der Waals surface area (Å²) in [6.45, 7) is 5.46. The molecule has 0 aliphatic carbocycles. The Kier molecular flexibility index (Phi) is 8.30. The molecule has 154 valence electrons. The van der Waals surface area contributed by atoms with Gasteiger partial charge in [0.25, 0.3) is 11.8 Å². The van der Waals surface area contributed by atoms with Crippen molar-refractivity contribution in [1.29, 1.82) is 0 Å². The molecule has 2 amide bonds. The molecule has 1 aromatic rings. The summed E-state index contributed by atoms with van der Waals surface area (Å²) in [7, 11) is 0. The van der Waals surface area contributed by atoms with E-state index >= 15 is 0 Å². The van der Waals surface area contributed by atoms with Gasteiger partial charge < -0.3 is 20.4 Å². The maximum Gasteiger partial charge on any atom is 0.279 e. The fourth-order valence-electron chi connectivity index (χ4n) is 4.31. The Morgan fingerprint density at radius 2 is 0.929 bits per heavy atom. The number of quaternary nitrogens is 2. The van der Waals surface area contributed by atoms with E-state index < -0.39 is 0 Å². The minimum Gasteiger partial charge on any atom is -0.327 e. The molecule has 28 heavy (non-hydrogen) atoms. The van der Waals surface area contributed by atoms with Crippen LogP contribution in [0.2, 0.25) is 0 Å². The van der Waals surface area contributed by atoms with E-state index in [1.807, 2.05) is 24.3 Å². The molecule has 0 unspecified atom stereocenters. The lowest BCUT2D eigenvalue weighted by Crippen LogP contribution is -3.12. The molecule has 6 heteroatoms. The van der Waals surface area contributed by atoms with Gasteiger partial charge in [-0.1, -0.05) is 0 Å². The normalized spacial score (nSPS) is 19.4. The second-order valence-corrected chi connectivity index (χ2v) is 8.36. The molecule has 4 N–H and O–H groups in total. The van der Waals surface area contributed by atoms with Crippen molar-refractivity contribution in [3.8, 4) is 0 Å². The molecule has 3 rings (SSSR count). The molecule has 0 spiro atoms. The van der Waals surface area contributed by atoms with Gasteiger partial charge in [0.15, 0.2) is 13.1 Å². The lowest BCUT2D eigenvalue weighted by Gasteiger charge is -2.17. The predicted molar refractivity (Wildman–Crippen MR) is 112 cm³/mol. The van der Waals surface area contributed by atoms with Crippen LogP contribution in [0.15, 0.2) is 24.3 Å². The molecule has 2 fully saturated rings. The average Bonchev–Trinajstić information content (AvgIpc) is 3.08. The molecule has 0 bridgehead atoms. The Hall–Kier alpha value is -1.92. The fraction of sp³-hybridized carbons (Fsp3) is 0.636. The van der Waals surface area contributed by atoms with Crippen molar-refractivity contribution < 1.29 is 19.4 Å². The van der Waals surface area contributed by atoms with Crippen molar-refractivity contribution in [2.24, 2.45) is 0 Å². The summed E-state index contributed by atoms with van der Waals surface area (Å²) in [6.07, 6.45) is 10.0. The Labute approximate surface area is 168 Å². The topological polar surface area (TPSA) is 67.1 Å². The number of hydrogen-bond acceptors (Lipinski definition) is 2. The largest absolute Gasteiger partial charge is 0.327 e. The number of carbonyl (C=O) groups is 2. The van der Waals surface area contributed by atoms with E-state index in [-0.39, 0.29) is 11.8 Å². The highest BCUT2D eigenvalue weighted by molar-refractivity contribution is 5.93. The minimum absolute atomic E-state index is 0.0680. The number of nitrogens with one attached hydrogen (secondary N) is 4. The zero-order valence-electron chi connectivity index (χ0n) is 17.0. The third-order valence-electron chi connectivity index (χ3n) is 5.89. The van der Waals surface area contributed by atoms with Crippen molar-refractivity contribution in [2.45, 2.75) is 51.4 Å². The van der Waals surface area contributed by atoms with E-state index in [1.165, 1.54) is 61.2 Å². The molecule has 0 aromatic heterocycles. The summed E-state index contributed by atoms with van der Waals surface area (Å²) < 4.78 is 0. The van der Waals surface area contributed by atoms with Crippen LogP contribution in [0.3, 0.4) is 0 Å². The molecule has 6 nitrogen and oxygen atoms in total. The average molecular weight is 389 g/mol. The van der Waals surface area contributed by atoms with E-state index in [2.05, 4.69) is 10.6 Å². The Morgan fingerprint density at radius 3 is 1.25 bits per heavy atom. The van der Waals surface area contributed by atoms with Gasteiger partial charge in [-0.05, 0) is 75.6 Å². The number of amides is 2. The summed E-state index contributed by atoms with van der Waals surface area (Å²) >= 11 is 0. The summed E-state index contributed by atoms with van der Waals surface area (Å²) in [6, 6.07) is 7.46. The van der Waals surface area contributed by atoms with Gasteiger partial charge >= 0.3 is 0 Å². The molecule has 0 radical (unpaired) electrons. The van der Waals surface area contributed by atoms with E-state index in [9.17, 15) is 9.59 Å². The molecular formula is C22H36N4O2+2. The predicted octanol–water partition coefficient (Wildman–Crippen LogP) is 0.481. The number of hydrogen-bond donors (Lipinski definition) is 4. The zero-order chi connectivity index (χ0) is 19.6. The van der Waals surface area contributed by atoms with E-state index in [0.29, 0.717) is 13.1 Å². The minimum atomic E-state index is 0.0680. The first kappa shape index (κ1) is 20.8. The van der Waals surface area contributed by atoms with E-state index in [1.54, 1.807) is 0 Å². The summed E-state index contributed by atoms with van der Waals surface area (Å²) in [5.74, 6) is 0.136. The van der Waals surface area contributed by atoms with Crippen LogP contribution in [0.1, 0.15) is 51.4 Å². The van der Waals surface area contributed by atoms with Crippen LogP contribution < -0.4 is 20.4 Å². The molecule has 1 aromatic carbocycles. The van der Waals surface area contributed by atoms with Crippen molar-refractivity contribution >= 4 is 23.2 Å². The lowest BCUT2D eigenvalue weighted by atomic mass is 10.2. The second kappa shape index (κ2) is 11.2. The number of rotatable bonds is 6. The molecule has 2 aliphatic rings. The smallest absolute Gasteiger partial charge is 0.279 e. The molecule has 2 saturated heterocycles. The highest BCUT2D eigenvalue weighted by atomic mass is 16.2. The van der Waals surface area contributed by atoms with Gasteiger partial charge in [-0.15, -0.1) is 0 Å². The van der Waals surface area contributed by atoms with Crippen LogP contribution in [0.4, 0.5) is 11.4 Å². The number of carbonyl (C=O) groups excluding carboxylic acids is 2. The zero-order valence-corrected chi connectivity index (χ0v) is 17.0. The summed E-state index contributed by atoms with van der Waals surface area (Å²) in [5, 5.41) is 5.97. The van der Waals surface area contributed by atoms with Crippen LogP contribution in [0.25, 0.3) is 0 Å². The number of benzene rings is 1. The van der Waals surface area contributed by atoms with Gasteiger partial charge in [-0.3, -0.25) is 9.59 Å². The Bertz CT molecular complexity index is 561. The van der Waals surface area contributed by atoms with Gasteiger partial charge in [0.1, 0.15) is 0 Å². The maximum atomic E-state index is 12.3.